The summed E-state index contributed by atoms with van der Waals surface area (Å²) in [5, 5.41) is 0. The Morgan fingerprint density at radius 1 is 1.45 bits per heavy atom. The van der Waals surface area contributed by atoms with Crippen LogP contribution >= 0.6 is 0 Å². The fraction of sp³-hybridized carbons (Fsp3) is 0.750. The van der Waals surface area contributed by atoms with Crippen LogP contribution in [0.25, 0.3) is 0 Å². The van der Waals surface area contributed by atoms with Crippen molar-refractivity contribution in [1.29, 1.82) is 0 Å². The highest BCUT2D eigenvalue weighted by Crippen LogP contribution is 2.30. The number of amides is 1. The molecule has 0 aromatic carbocycles. The zero-order valence-corrected chi connectivity index (χ0v) is 13.3. The van der Waals surface area contributed by atoms with Gasteiger partial charge in [-0.25, -0.2) is 4.98 Å². The maximum atomic E-state index is 12.4. The second-order valence-electron chi connectivity index (χ2n) is 6.36. The fourth-order valence-corrected chi connectivity index (χ4v) is 3.85. The Balaban J connectivity index is 1.64. The van der Waals surface area contributed by atoms with Gasteiger partial charge in [0.15, 0.2) is 0 Å². The van der Waals surface area contributed by atoms with Gasteiger partial charge in [0, 0.05) is 51.6 Å². The highest BCUT2D eigenvalue weighted by Gasteiger charge is 2.37. The largest absolute Gasteiger partial charge is 0.383 e. The zero-order valence-electron chi connectivity index (χ0n) is 13.3. The smallest absolute Gasteiger partial charge is 0.222 e. The lowest BCUT2D eigenvalue weighted by Crippen LogP contribution is -2.52. The number of piperidine rings is 1. The molecule has 1 aromatic rings. The summed E-state index contributed by atoms with van der Waals surface area (Å²) in [5.74, 6) is 1.91. The number of likely N-dealkylation sites (tertiary alicyclic amines) is 2. The van der Waals surface area contributed by atoms with E-state index in [9.17, 15) is 4.79 Å². The number of methoxy groups -OCH3 is 1. The SMILES string of the molecule is COCCN1C(=O)CCC[C@H]2CN(Cc3ncc[nH]3)CC[C@H]21. The molecule has 1 aromatic heterocycles. The van der Waals surface area contributed by atoms with Gasteiger partial charge in [0.1, 0.15) is 5.82 Å². The lowest BCUT2D eigenvalue weighted by molar-refractivity contribution is -0.135. The first kappa shape index (κ1) is 15.5. The van der Waals surface area contributed by atoms with E-state index in [0.717, 1.165) is 51.3 Å². The highest BCUT2D eigenvalue weighted by molar-refractivity contribution is 5.76. The van der Waals surface area contributed by atoms with Gasteiger partial charge in [-0.3, -0.25) is 9.69 Å². The minimum absolute atomic E-state index is 0.309. The van der Waals surface area contributed by atoms with Crippen LogP contribution in [-0.4, -0.2) is 65.1 Å². The number of fused-ring (bicyclic) bond motifs is 1. The molecule has 0 aliphatic carbocycles. The monoisotopic (exact) mass is 306 g/mol. The Kier molecular flexibility index (Phi) is 5.10. The molecule has 1 N–H and O–H groups in total. The standard InChI is InChI=1S/C16H26N4O2/c1-22-10-9-20-14-5-8-19(12-15-17-6-7-18-15)11-13(14)3-2-4-16(20)21/h6-7,13-14H,2-5,8-12H2,1H3,(H,17,18)/t13-,14+/m0/s1. The average Bonchev–Trinajstić information content (AvgIpc) is 2.96. The number of imidazole rings is 1. The molecule has 1 amide bonds. The van der Waals surface area contributed by atoms with E-state index < -0.39 is 0 Å². The van der Waals surface area contributed by atoms with E-state index in [1.165, 1.54) is 0 Å². The Bertz CT molecular complexity index is 477. The van der Waals surface area contributed by atoms with Crippen molar-refractivity contribution in [2.24, 2.45) is 5.92 Å². The first-order valence-electron chi connectivity index (χ1n) is 8.27. The van der Waals surface area contributed by atoms with Crippen LogP contribution in [0.2, 0.25) is 0 Å². The van der Waals surface area contributed by atoms with E-state index in [4.69, 9.17) is 4.74 Å². The lowest BCUT2D eigenvalue weighted by Gasteiger charge is -2.42. The average molecular weight is 306 g/mol. The van der Waals surface area contributed by atoms with Crippen LogP contribution in [0.3, 0.4) is 0 Å². The molecule has 2 saturated heterocycles. The molecule has 3 rings (SSSR count). The third kappa shape index (κ3) is 3.50. The van der Waals surface area contributed by atoms with Crippen molar-refractivity contribution in [2.45, 2.75) is 38.3 Å². The number of hydrogen-bond acceptors (Lipinski definition) is 4. The van der Waals surface area contributed by atoms with Crippen LogP contribution in [-0.2, 0) is 16.1 Å². The molecule has 2 atom stereocenters. The van der Waals surface area contributed by atoms with E-state index in [2.05, 4.69) is 19.8 Å². The van der Waals surface area contributed by atoms with Crippen LogP contribution in [0.1, 0.15) is 31.5 Å². The second kappa shape index (κ2) is 7.24. The quantitative estimate of drug-likeness (QED) is 0.889. The van der Waals surface area contributed by atoms with Gasteiger partial charge in [0.05, 0.1) is 13.2 Å². The van der Waals surface area contributed by atoms with Crippen LogP contribution < -0.4 is 0 Å². The summed E-state index contributed by atoms with van der Waals surface area (Å²) in [7, 11) is 1.70. The molecule has 122 valence electrons. The normalized spacial score (nSPS) is 26.8. The summed E-state index contributed by atoms with van der Waals surface area (Å²) < 4.78 is 5.19. The summed E-state index contributed by atoms with van der Waals surface area (Å²) in [6.45, 7) is 4.32. The van der Waals surface area contributed by atoms with Crippen LogP contribution in [0, 0.1) is 5.92 Å². The number of rotatable bonds is 5. The number of carbonyl (C=O) groups is 1. The van der Waals surface area contributed by atoms with Gasteiger partial charge in [-0.2, -0.15) is 0 Å². The molecule has 0 saturated carbocycles. The van der Waals surface area contributed by atoms with Crippen LogP contribution in [0.5, 0.6) is 0 Å². The van der Waals surface area contributed by atoms with Gasteiger partial charge < -0.3 is 14.6 Å². The summed E-state index contributed by atoms with van der Waals surface area (Å²) in [4.78, 5) is 24.4. The van der Waals surface area contributed by atoms with Crippen molar-refractivity contribution in [3.63, 3.8) is 0 Å². The van der Waals surface area contributed by atoms with E-state index in [-0.39, 0.29) is 0 Å². The van der Waals surface area contributed by atoms with E-state index in [1.54, 1.807) is 13.3 Å². The molecule has 2 aliphatic heterocycles. The first-order valence-corrected chi connectivity index (χ1v) is 8.27. The predicted molar refractivity (Wildman–Crippen MR) is 83.2 cm³/mol. The Labute approximate surface area is 131 Å². The van der Waals surface area contributed by atoms with Crippen molar-refractivity contribution in [1.82, 2.24) is 19.8 Å². The molecule has 22 heavy (non-hydrogen) atoms. The first-order chi connectivity index (χ1) is 10.8. The lowest BCUT2D eigenvalue weighted by atomic mass is 9.88. The molecule has 6 nitrogen and oxygen atoms in total. The molecule has 0 spiro atoms. The topological polar surface area (TPSA) is 61.5 Å². The van der Waals surface area contributed by atoms with Crippen molar-refractivity contribution in [2.75, 3.05) is 33.4 Å². The van der Waals surface area contributed by atoms with Crippen molar-refractivity contribution in [3.8, 4) is 0 Å². The zero-order chi connectivity index (χ0) is 15.4. The Morgan fingerprint density at radius 3 is 3.14 bits per heavy atom. The molecule has 0 unspecified atom stereocenters. The van der Waals surface area contributed by atoms with Gasteiger partial charge in [0.2, 0.25) is 5.91 Å². The van der Waals surface area contributed by atoms with Crippen molar-refractivity contribution < 1.29 is 9.53 Å². The van der Waals surface area contributed by atoms with E-state index >= 15 is 0 Å². The molecule has 3 heterocycles. The van der Waals surface area contributed by atoms with E-state index in [0.29, 0.717) is 30.9 Å². The molecule has 2 fully saturated rings. The third-order valence-electron chi connectivity index (χ3n) is 4.93. The number of aromatic nitrogens is 2. The molecule has 0 radical (unpaired) electrons. The van der Waals surface area contributed by atoms with Gasteiger partial charge >= 0.3 is 0 Å². The highest BCUT2D eigenvalue weighted by atomic mass is 16.5. The predicted octanol–water partition coefficient (Wildman–Crippen LogP) is 1.26. The number of H-pyrrole nitrogens is 1. The summed E-state index contributed by atoms with van der Waals surface area (Å²) in [6, 6.07) is 0.387. The number of hydrogen-bond donors (Lipinski definition) is 1. The number of ether oxygens (including phenoxy) is 1. The minimum atomic E-state index is 0.309. The number of nitrogens with zero attached hydrogens (tertiary/aromatic N) is 3. The summed E-state index contributed by atoms with van der Waals surface area (Å²) in [6.07, 6.45) is 7.58. The van der Waals surface area contributed by atoms with Gasteiger partial charge in [0.25, 0.3) is 0 Å². The number of aromatic amines is 1. The maximum absolute atomic E-state index is 12.4. The van der Waals surface area contributed by atoms with E-state index in [1.807, 2.05) is 6.20 Å². The van der Waals surface area contributed by atoms with Crippen LogP contribution in [0.15, 0.2) is 12.4 Å². The Hall–Kier alpha value is -1.40. The molecular formula is C16H26N4O2. The van der Waals surface area contributed by atoms with Crippen molar-refractivity contribution >= 4 is 5.91 Å². The van der Waals surface area contributed by atoms with Crippen LogP contribution in [0.4, 0.5) is 0 Å². The molecule has 0 bridgehead atoms. The Morgan fingerprint density at radius 2 is 2.36 bits per heavy atom. The van der Waals surface area contributed by atoms with Crippen molar-refractivity contribution in [3.05, 3.63) is 18.2 Å². The molecule has 2 aliphatic rings. The summed E-state index contributed by atoms with van der Waals surface area (Å²) in [5.41, 5.74) is 0. The van der Waals surface area contributed by atoms with Gasteiger partial charge in [-0.15, -0.1) is 0 Å². The van der Waals surface area contributed by atoms with Gasteiger partial charge in [-0.1, -0.05) is 0 Å². The van der Waals surface area contributed by atoms with Gasteiger partial charge in [-0.05, 0) is 25.2 Å². The maximum Gasteiger partial charge on any atom is 0.222 e. The third-order valence-corrected chi connectivity index (χ3v) is 4.93. The minimum Gasteiger partial charge on any atom is -0.383 e. The molecule has 6 heteroatoms. The second-order valence-corrected chi connectivity index (χ2v) is 6.36. The number of nitrogens with one attached hydrogen (secondary N) is 1. The summed E-state index contributed by atoms with van der Waals surface area (Å²) >= 11 is 0. The molecular weight excluding hydrogens is 280 g/mol. The fourth-order valence-electron chi connectivity index (χ4n) is 3.85. The number of carbonyl (C=O) groups excluding carboxylic acids is 1.